The molecule has 3 atom stereocenters. The van der Waals surface area contributed by atoms with Gasteiger partial charge in [-0.2, -0.15) is 0 Å². The third-order valence-corrected chi connectivity index (χ3v) is 3.87. The van der Waals surface area contributed by atoms with Crippen molar-refractivity contribution in [3.8, 4) is 0 Å². The van der Waals surface area contributed by atoms with Gasteiger partial charge in [-0.05, 0) is 12.5 Å². The van der Waals surface area contributed by atoms with Crippen molar-refractivity contribution in [2.75, 3.05) is 6.54 Å². The van der Waals surface area contributed by atoms with E-state index in [0.29, 0.717) is 0 Å². The van der Waals surface area contributed by atoms with Crippen LogP contribution in [0.3, 0.4) is 0 Å². The Morgan fingerprint density at radius 3 is 2.07 bits per heavy atom. The fraction of sp³-hybridized carbons (Fsp3) is 0.389. The van der Waals surface area contributed by atoms with Crippen LogP contribution in [0.1, 0.15) is 18.9 Å². The van der Waals surface area contributed by atoms with Crippen LogP contribution in [0.2, 0.25) is 0 Å². The van der Waals surface area contributed by atoms with E-state index in [4.69, 9.17) is 15.9 Å². The summed E-state index contributed by atoms with van der Waals surface area (Å²) in [5.74, 6) is -5.04. The molecule has 0 bridgehead atoms. The minimum atomic E-state index is -1.64. The molecule has 3 amide bonds. The Hall–Kier alpha value is -3.47. The Balaban J connectivity index is 2.80. The smallest absolute Gasteiger partial charge is 0.326 e. The molecule has 11 heteroatoms. The number of nitrogens with two attached hydrogens (primary N) is 1. The van der Waals surface area contributed by atoms with Crippen molar-refractivity contribution in [2.45, 2.75) is 37.9 Å². The van der Waals surface area contributed by atoms with Gasteiger partial charge >= 0.3 is 11.9 Å². The third kappa shape index (κ3) is 8.39. The first-order chi connectivity index (χ1) is 13.6. The van der Waals surface area contributed by atoms with Gasteiger partial charge in [0, 0.05) is 6.42 Å². The van der Waals surface area contributed by atoms with Crippen LogP contribution in [0.15, 0.2) is 30.3 Å². The molecule has 0 fully saturated rings. The summed E-state index contributed by atoms with van der Waals surface area (Å²) < 4.78 is 0. The molecule has 0 unspecified atom stereocenters. The van der Waals surface area contributed by atoms with Crippen molar-refractivity contribution in [1.82, 2.24) is 16.0 Å². The van der Waals surface area contributed by atoms with E-state index in [1.54, 1.807) is 30.3 Å². The van der Waals surface area contributed by atoms with E-state index in [-0.39, 0.29) is 13.0 Å². The number of carbonyl (C=O) groups is 5. The molecule has 0 radical (unpaired) electrons. The number of hydrogen-bond donors (Lipinski definition) is 6. The topological polar surface area (TPSA) is 188 Å². The molecule has 0 saturated carbocycles. The number of amides is 3. The molecule has 0 aliphatic carbocycles. The molecule has 0 aromatic heterocycles. The molecule has 158 valence electrons. The van der Waals surface area contributed by atoms with Gasteiger partial charge in [0.1, 0.15) is 18.1 Å². The molecule has 29 heavy (non-hydrogen) atoms. The Kier molecular flexibility index (Phi) is 9.26. The first-order valence-electron chi connectivity index (χ1n) is 8.72. The second-order valence-corrected chi connectivity index (χ2v) is 6.24. The predicted octanol–water partition coefficient (Wildman–Crippen LogP) is -1.78. The number of aliphatic carboxylic acids is 2. The Morgan fingerprint density at radius 1 is 0.931 bits per heavy atom. The normalized spacial score (nSPS) is 13.4. The van der Waals surface area contributed by atoms with E-state index in [0.717, 1.165) is 5.56 Å². The summed E-state index contributed by atoms with van der Waals surface area (Å²) in [6.07, 6.45) is -0.672. The number of rotatable bonds is 11. The summed E-state index contributed by atoms with van der Waals surface area (Å²) in [4.78, 5) is 58.1. The lowest BCUT2D eigenvalue weighted by Gasteiger charge is -2.22. The zero-order valence-electron chi connectivity index (χ0n) is 15.8. The summed E-state index contributed by atoms with van der Waals surface area (Å²) in [6.45, 7) is 0.974. The molecular formula is C18H24N4O7. The summed E-state index contributed by atoms with van der Waals surface area (Å²) in [5.41, 5.74) is 6.03. The van der Waals surface area contributed by atoms with Gasteiger partial charge in [-0.15, -0.1) is 0 Å². The van der Waals surface area contributed by atoms with Gasteiger partial charge < -0.3 is 31.9 Å². The number of nitrogens with one attached hydrogen (secondary N) is 3. The van der Waals surface area contributed by atoms with Gasteiger partial charge in [0.2, 0.25) is 17.7 Å². The molecule has 1 rings (SSSR count). The Labute approximate surface area is 166 Å². The van der Waals surface area contributed by atoms with E-state index >= 15 is 0 Å². The van der Waals surface area contributed by atoms with Gasteiger partial charge in [0.05, 0.1) is 13.0 Å². The lowest BCUT2D eigenvalue weighted by atomic mass is 10.0. The highest BCUT2D eigenvalue weighted by Gasteiger charge is 2.28. The van der Waals surface area contributed by atoms with Crippen molar-refractivity contribution >= 4 is 29.7 Å². The Morgan fingerprint density at radius 2 is 1.55 bits per heavy atom. The minimum Gasteiger partial charge on any atom is -0.481 e. The number of carboxylic acid groups (broad SMARTS) is 2. The third-order valence-electron chi connectivity index (χ3n) is 3.87. The van der Waals surface area contributed by atoms with E-state index in [1.165, 1.54) is 6.92 Å². The Bertz CT molecular complexity index is 754. The molecule has 0 aliphatic rings. The quantitative estimate of drug-likeness (QED) is 0.248. The van der Waals surface area contributed by atoms with Crippen LogP contribution in [0.5, 0.6) is 0 Å². The highest BCUT2D eigenvalue weighted by molar-refractivity contribution is 5.94. The standard InChI is InChI=1S/C18H24N4O7/c1-10(16(26)22-13(18(28)29)8-15(24)25)20-17(27)12(21-14(23)9-19)7-11-5-3-2-4-6-11/h2-6,10,12-13H,7-9,19H2,1H3,(H,20,27)(H,21,23)(H,22,26)(H,24,25)(H,28,29)/t10-,12-,13+/m1/s1. The summed E-state index contributed by atoms with van der Waals surface area (Å²) in [7, 11) is 0. The molecule has 0 aliphatic heterocycles. The van der Waals surface area contributed by atoms with Gasteiger partial charge in [-0.25, -0.2) is 4.79 Å². The second-order valence-electron chi connectivity index (χ2n) is 6.24. The van der Waals surface area contributed by atoms with Crippen LogP contribution in [-0.4, -0.2) is 64.5 Å². The first-order valence-corrected chi connectivity index (χ1v) is 8.72. The summed E-state index contributed by atoms with van der Waals surface area (Å²) in [5, 5.41) is 24.6. The highest BCUT2D eigenvalue weighted by Crippen LogP contribution is 2.04. The van der Waals surface area contributed by atoms with E-state index in [9.17, 15) is 24.0 Å². The van der Waals surface area contributed by atoms with E-state index in [1.807, 2.05) is 0 Å². The van der Waals surface area contributed by atoms with E-state index < -0.39 is 54.2 Å². The van der Waals surface area contributed by atoms with Crippen LogP contribution >= 0.6 is 0 Å². The zero-order chi connectivity index (χ0) is 22.0. The summed E-state index contributed by atoms with van der Waals surface area (Å²) in [6, 6.07) is 5.00. The van der Waals surface area contributed by atoms with Crippen molar-refractivity contribution in [3.05, 3.63) is 35.9 Å². The number of benzene rings is 1. The zero-order valence-corrected chi connectivity index (χ0v) is 15.8. The highest BCUT2D eigenvalue weighted by atomic mass is 16.4. The average molecular weight is 408 g/mol. The fourth-order valence-corrected chi connectivity index (χ4v) is 2.36. The van der Waals surface area contributed by atoms with Gasteiger partial charge in [-0.1, -0.05) is 30.3 Å². The average Bonchev–Trinajstić information content (AvgIpc) is 2.66. The maximum atomic E-state index is 12.6. The SMILES string of the molecule is C[C@@H](NC(=O)[C@@H](Cc1ccccc1)NC(=O)CN)C(=O)N[C@@H](CC(=O)O)C(=O)O. The van der Waals surface area contributed by atoms with Gasteiger partial charge in [0.25, 0.3) is 0 Å². The maximum Gasteiger partial charge on any atom is 0.326 e. The molecular weight excluding hydrogens is 384 g/mol. The number of hydrogen-bond acceptors (Lipinski definition) is 6. The van der Waals surface area contributed by atoms with Crippen molar-refractivity contribution in [2.24, 2.45) is 5.73 Å². The molecule has 7 N–H and O–H groups in total. The van der Waals surface area contributed by atoms with Crippen LogP contribution in [-0.2, 0) is 30.4 Å². The van der Waals surface area contributed by atoms with Crippen LogP contribution in [0, 0.1) is 0 Å². The monoisotopic (exact) mass is 408 g/mol. The lowest BCUT2D eigenvalue weighted by molar-refractivity contribution is -0.147. The minimum absolute atomic E-state index is 0.142. The van der Waals surface area contributed by atoms with E-state index in [2.05, 4.69) is 16.0 Å². The second kappa shape index (κ2) is 11.4. The fourth-order valence-electron chi connectivity index (χ4n) is 2.36. The van der Waals surface area contributed by atoms with Crippen molar-refractivity contribution in [3.63, 3.8) is 0 Å². The molecule has 0 saturated heterocycles. The summed E-state index contributed by atoms with van der Waals surface area (Å²) >= 11 is 0. The van der Waals surface area contributed by atoms with Crippen molar-refractivity contribution in [1.29, 1.82) is 0 Å². The number of carbonyl (C=O) groups excluding carboxylic acids is 3. The molecule has 11 nitrogen and oxygen atoms in total. The lowest BCUT2D eigenvalue weighted by Crippen LogP contribution is -2.56. The van der Waals surface area contributed by atoms with Crippen LogP contribution in [0.4, 0.5) is 0 Å². The molecule has 0 spiro atoms. The van der Waals surface area contributed by atoms with Crippen molar-refractivity contribution < 1.29 is 34.2 Å². The maximum absolute atomic E-state index is 12.6. The van der Waals surface area contributed by atoms with Crippen LogP contribution in [0.25, 0.3) is 0 Å². The van der Waals surface area contributed by atoms with Crippen LogP contribution < -0.4 is 21.7 Å². The van der Waals surface area contributed by atoms with Gasteiger partial charge in [0.15, 0.2) is 0 Å². The first kappa shape index (κ1) is 23.6. The predicted molar refractivity (Wildman–Crippen MR) is 101 cm³/mol. The molecule has 0 heterocycles. The molecule has 1 aromatic carbocycles. The molecule has 1 aromatic rings. The number of carboxylic acids is 2. The van der Waals surface area contributed by atoms with Gasteiger partial charge in [-0.3, -0.25) is 19.2 Å². The largest absolute Gasteiger partial charge is 0.481 e.